The number of methoxy groups -OCH3 is 1. The van der Waals surface area contributed by atoms with Crippen LogP contribution in [0.3, 0.4) is 0 Å². The monoisotopic (exact) mass is 292 g/mol. The van der Waals surface area contributed by atoms with Crippen LogP contribution in [-0.4, -0.2) is 13.4 Å². The minimum Gasteiger partial charge on any atom is -0.496 e. The molecule has 0 aliphatic heterocycles. The van der Waals surface area contributed by atoms with Crippen LogP contribution in [0.15, 0.2) is 60.7 Å². The first-order valence-electron chi connectivity index (χ1n) is 7.04. The quantitative estimate of drug-likeness (QED) is 0.660. The molecule has 0 aliphatic rings. The molecular weight excluding hydrogens is 276 g/mol. The molecule has 0 radical (unpaired) electrons. The lowest BCUT2D eigenvalue weighted by molar-refractivity contribution is 0.112. The van der Waals surface area contributed by atoms with Gasteiger partial charge in [0.2, 0.25) is 0 Å². The SMILES string of the molecule is COc1ccc2ccc(OCc3ccccc3)cc2c1C=O. The molecule has 0 aromatic heterocycles. The normalized spacial score (nSPS) is 10.4. The highest BCUT2D eigenvalue weighted by atomic mass is 16.5. The Bertz CT molecular complexity index is 794. The minimum absolute atomic E-state index is 0.493. The number of hydrogen-bond donors (Lipinski definition) is 0. The molecule has 0 aliphatic carbocycles. The molecule has 0 unspecified atom stereocenters. The van der Waals surface area contributed by atoms with Crippen LogP contribution >= 0.6 is 0 Å². The molecular formula is C19H16O3. The van der Waals surface area contributed by atoms with Crippen LogP contribution in [-0.2, 0) is 6.61 Å². The molecule has 0 spiro atoms. The number of carbonyl (C=O) groups excluding carboxylic acids is 1. The van der Waals surface area contributed by atoms with Gasteiger partial charge in [0.25, 0.3) is 0 Å². The lowest BCUT2D eigenvalue weighted by Gasteiger charge is -2.10. The van der Waals surface area contributed by atoms with Crippen LogP contribution in [0.1, 0.15) is 15.9 Å². The summed E-state index contributed by atoms with van der Waals surface area (Å²) in [7, 11) is 1.56. The molecule has 0 heterocycles. The van der Waals surface area contributed by atoms with Crippen molar-refractivity contribution in [2.45, 2.75) is 6.61 Å². The highest BCUT2D eigenvalue weighted by Crippen LogP contribution is 2.29. The van der Waals surface area contributed by atoms with Crippen LogP contribution in [0.25, 0.3) is 10.8 Å². The van der Waals surface area contributed by atoms with Crippen molar-refractivity contribution in [2.24, 2.45) is 0 Å². The highest BCUT2D eigenvalue weighted by Gasteiger charge is 2.08. The second-order valence-corrected chi connectivity index (χ2v) is 4.96. The molecule has 22 heavy (non-hydrogen) atoms. The Balaban J connectivity index is 1.93. The molecule has 3 aromatic rings. The van der Waals surface area contributed by atoms with Crippen molar-refractivity contribution >= 4 is 17.1 Å². The topological polar surface area (TPSA) is 35.5 Å². The summed E-state index contributed by atoms with van der Waals surface area (Å²) in [6.07, 6.45) is 0.822. The Kier molecular flexibility index (Phi) is 4.05. The Morgan fingerprint density at radius 3 is 2.50 bits per heavy atom. The molecule has 110 valence electrons. The molecule has 3 nitrogen and oxygen atoms in total. The summed E-state index contributed by atoms with van der Waals surface area (Å²) < 4.78 is 11.1. The maximum Gasteiger partial charge on any atom is 0.154 e. The zero-order chi connectivity index (χ0) is 15.4. The van der Waals surface area contributed by atoms with Crippen LogP contribution < -0.4 is 9.47 Å². The van der Waals surface area contributed by atoms with Gasteiger partial charge in [0.15, 0.2) is 6.29 Å². The average molecular weight is 292 g/mol. The van der Waals surface area contributed by atoms with Gasteiger partial charge in [-0.3, -0.25) is 4.79 Å². The van der Waals surface area contributed by atoms with Gasteiger partial charge in [-0.25, -0.2) is 0 Å². The number of rotatable bonds is 5. The summed E-state index contributed by atoms with van der Waals surface area (Å²) in [6, 6.07) is 19.4. The zero-order valence-corrected chi connectivity index (χ0v) is 12.3. The smallest absolute Gasteiger partial charge is 0.154 e. The summed E-state index contributed by atoms with van der Waals surface area (Å²) >= 11 is 0. The lowest BCUT2D eigenvalue weighted by atomic mass is 10.0. The number of benzene rings is 3. The van der Waals surface area contributed by atoms with E-state index in [1.807, 2.05) is 54.6 Å². The van der Waals surface area contributed by atoms with Gasteiger partial charge >= 0.3 is 0 Å². The van der Waals surface area contributed by atoms with Crippen molar-refractivity contribution in [1.82, 2.24) is 0 Å². The van der Waals surface area contributed by atoms with Crippen molar-refractivity contribution in [2.75, 3.05) is 7.11 Å². The van der Waals surface area contributed by atoms with Crippen LogP contribution in [0, 0.1) is 0 Å². The van der Waals surface area contributed by atoms with E-state index in [-0.39, 0.29) is 0 Å². The number of aldehydes is 1. The van der Waals surface area contributed by atoms with Gasteiger partial charge in [-0.1, -0.05) is 42.5 Å². The summed E-state index contributed by atoms with van der Waals surface area (Å²) in [5, 5.41) is 1.81. The van der Waals surface area contributed by atoms with Gasteiger partial charge < -0.3 is 9.47 Å². The van der Waals surface area contributed by atoms with Gasteiger partial charge in [0, 0.05) is 0 Å². The summed E-state index contributed by atoms with van der Waals surface area (Å²) in [6.45, 7) is 0.493. The minimum atomic E-state index is 0.493. The van der Waals surface area contributed by atoms with E-state index in [0.29, 0.717) is 17.9 Å². The number of ether oxygens (including phenoxy) is 2. The Morgan fingerprint density at radius 2 is 1.77 bits per heavy atom. The molecule has 3 heteroatoms. The molecule has 0 atom stereocenters. The van der Waals surface area contributed by atoms with Gasteiger partial charge in [-0.2, -0.15) is 0 Å². The van der Waals surface area contributed by atoms with Gasteiger partial charge in [-0.05, 0) is 34.5 Å². The van der Waals surface area contributed by atoms with E-state index in [0.717, 1.165) is 28.4 Å². The van der Waals surface area contributed by atoms with Crippen molar-refractivity contribution in [3.8, 4) is 11.5 Å². The van der Waals surface area contributed by atoms with Crippen molar-refractivity contribution in [3.05, 3.63) is 71.8 Å². The van der Waals surface area contributed by atoms with Gasteiger partial charge in [0.05, 0.1) is 12.7 Å². The third kappa shape index (κ3) is 2.79. The van der Waals surface area contributed by atoms with Crippen LogP contribution in [0.5, 0.6) is 11.5 Å². The first-order valence-corrected chi connectivity index (χ1v) is 7.04. The van der Waals surface area contributed by atoms with Gasteiger partial charge in [-0.15, -0.1) is 0 Å². The second-order valence-electron chi connectivity index (χ2n) is 4.96. The predicted molar refractivity (Wildman–Crippen MR) is 86.7 cm³/mol. The van der Waals surface area contributed by atoms with Crippen molar-refractivity contribution in [3.63, 3.8) is 0 Å². The first-order chi connectivity index (χ1) is 10.8. The van der Waals surface area contributed by atoms with Gasteiger partial charge in [0.1, 0.15) is 18.1 Å². The standard InChI is InChI=1S/C19H16O3/c1-21-19-10-8-15-7-9-16(11-17(15)18(19)12-20)22-13-14-5-3-2-4-6-14/h2-12H,13H2,1H3. The number of fused-ring (bicyclic) bond motifs is 1. The summed E-state index contributed by atoms with van der Waals surface area (Å²) in [5.74, 6) is 1.30. The third-order valence-electron chi connectivity index (χ3n) is 3.58. The number of carbonyl (C=O) groups is 1. The highest BCUT2D eigenvalue weighted by molar-refractivity contribution is 6.01. The van der Waals surface area contributed by atoms with Crippen molar-refractivity contribution in [1.29, 1.82) is 0 Å². The molecule has 0 amide bonds. The fraction of sp³-hybridized carbons (Fsp3) is 0.105. The van der Waals surface area contributed by atoms with Crippen LogP contribution in [0.2, 0.25) is 0 Å². The summed E-state index contributed by atoms with van der Waals surface area (Å²) in [5.41, 5.74) is 1.65. The second kappa shape index (κ2) is 6.31. The Labute approximate surface area is 129 Å². The predicted octanol–water partition coefficient (Wildman–Crippen LogP) is 4.24. The van der Waals surface area contributed by atoms with E-state index in [9.17, 15) is 4.79 Å². The van der Waals surface area contributed by atoms with E-state index in [1.165, 1.54) is 0 Å². The zero-order valence-electron chi connectivity index (χ0n) is 12.3. The van der Waals surface area contributed by atoms with E-state index in [4.69, 9.17) is 9.47 Å². The third-order valence-corrected chi connectivity index (χ3v) is 3.58. The Morgan fingerprint density at radius 1 is 1.00 bits per heavy atom. The largest absolute Gasteiger partial charge is 0.496 e. The molecule has 3 rings (SSSR count). The fourth-order valence-electron chi connectivity index (χ4n) is 2.43. The maximum atomic E-state index is 11.4. The van der Waals surface area contributed by atoms with E-state index in [2.05, 4.69) is 0 Å². The van der Waals surface area contributed by atoms with E-state index < -0.39 is 0 Å². The van der Waals surface area contributed by atoms with E-state index >= 15 is 0 Å². The lowest BCUT2D eigenvalue weighted by Crippen LogP contribution is -1.96. The van der Waals surface area contributed by atoms with Crippen LogP contribution in [0.4, 0.5) is 0 Å². The molecule has 0 saturated carbocycles. The molecule has 0 bridgehead atoms. The van der Waals surface area contributed by atoms with E-state index in [1.54, 1.807) is 13.2 Å². The summed E-state index contributed by atoms with van der Waals surface area (Å²) in [4.78, 5) is 11.4. The molecule has 3 aromatic carbocycles. The average Bonchev–Trinajstić information content (AvgIpc) is 2.59. The molecule has 0 N–H and O–H groups in total. The number of hydrogen-bond acceptors (Lipinski definition) is 3. The molecule has 0 fully saturated rings. The first kappa shape index (κ1) is 14.1. The molecule has 0 saturated heterocycles. The maximum absolute atomic E-state index is 11.4. The fourth-order valence-corrected chi connectivity index (χ4v) is 2.43. The van der Waals surface area contributed by atoms with Crippen molar-refractivity contribution < 1.29 is 14.3 Å². The Hall–Kier alpha value is -2.81.